The van der Waals surface area contributed by atoms with Crippen LogP contribution >= 0.6 is 0 Å². The van der Waals surface area contributed by atoms with Crippen LogP contribution in [0.2, 0.25) is 0 Å². The third-order valence-electron chi connectivity index (χ3n) is 5.00. The van der Waals surface area contributed by atoms with Crippen molar-refractivity contribution < 1.29 is 22.7 Å². The van der Waals surface area contributed by atoms with E-state index in [9.17, 15) is 27.5 Å². The molecule has 1 aliphatic heterocycles. The Balaban J connectivity index is 1.79. The third kappa shape index (κ3) is 3.35. The van der Waals surface area contributed by atoms with Crippen molar-refractivity contribution in [2.75, 3.05) is 18.0 Å². The van der Waals surface area contributed by atoms with Gasteiger partial charge in [-0.25, -0.2) is 9.07 Å². The van der Waals surface area contributed by atoms with Crippen molar-refractivity contribution in [1.82, 2.24) is 19.7 Å². The molecular formula is C18H17F4N5O2. The van der Waals surface area contributed by atoms with Gasteiger partial charge in [-0.05, 0) is 24.6 Å². The van der Waals surface area contributed by atoms with E-state index in [2.05, 4.69) is 15.1 Å². The van der Waals surface area contributed by atoms with Gasteiger partial charge in [-0.3, -0.25) is 9.78 Å². The van der Waals surface area contributed by atoms with Gasteiger partial charge in [-0.15, -0.1) is 0 Å². The second kappa shape index (κ2) is 6.83. The van der Waals surface area contributed by atoms with Crippen molar-refractivity contribution in [2.45, 2.75) is 31.9 Å². The van der Waals surface area contributed by atoms with Gasteiger partial charge in [-0.1, -0.05) is 12.1 Å². The first kappa shape index (κ1) is 19.4. The molecule has 1 unspecified atom stereocenters. The number of benzene rings is 1. The molecule has 0 saturated carbocycles. The highest BCUT2D eigenvalue weighted by Crippen LogP contribution is 2.31. The molecule has 154 valence electrons. The van der Waals surface area contributed by atoms with E-state index in [-0.39, 0.29) is 35.8 Å². The van der Waals surface area contributed by atoms with Crippen LogP contribution in [-0.2, 0) is 12.8 Å². The van der Waals surface area contributed by atoms with Crippen LogP contribution in [0.3, 0.4) is 0 Å². The summed E-state index contributed by atoms with van der Waals surface area (Å²) in [5, 5.41) is 13.9. The zero-order valence-electron chi connectivity index (χ0n) is 15.2. The van der Waals surface area contributed by atoms with Gasteiger partial charge in [0.05, 0.1) is 31.3 Å². The number of halogens is 4. The van der Waals surface area contributed by atoms with E-state index in [1.54, 1.807) is 11.8 Å². The van der Waals surface area contributed by atoms with E-state index in [1.807, 2.05) is 0 Å². The summed E-state index contributed by atoms with van der Waals surface area (Å²) in [7, 11) is 0. The van der Waals surface area contributed by atoms with Crippen LogP contribution in [0.5, 0.6) is 0 Å². The van der Waals surface area contributed by atoms with E-state index in [0.29, 0.717) is 5.56 Å². The number of nitrogens with one attached hydrogen (secondary N) is 1. The molecule has 0 radical (unpaired) electrons. The van der Waals surface area contributed by atoms with Crippen molar-refractivity contribution in [1.29, 1.82) is 0 Å². The molecule has 2 N–H and O–H groups in total. The third-order valence-corrected chi connectivity index (χ3v) is 5.00. The minimum absolute atomic E-state index is 0.0901. The number of anilines is 1. The molecule has 11 heteroatoms. The van der Waals surface area contributed by atoms with Crippen LogP contribution in [0.25, 0.3) is 11.0 Å². The quantitative estimate of drug-likeness (QED) is 0.644. The van der Waals surface area contributed by atoms with E-state index >= 15 is 0 Å². The van der Waals surface area contributed by atoms with Crippen LogP contribution in [-0.4, -0.2) is 44.1 Å². The highest BCUT2D eigenvalue weighted by Gasteiger charge is 2.31. The Morgan fingerprint density at radius 2 is 1.93 bits per heavy atom. The topological polar surface area (TPSA) is 87.0 Å². The molecule has 4 rings (SSSR count). The van der Waals surface area contributed by atoms with Gasteiger partial charge in [0.2, 0.25) is 5.95 Å². The smallest absolute Gasteiger partial charge is 0.390 e. The summed E-state index contributed by atoms with van der Waals surface area (Å²) in [5.41, 5.74) is -0.510. The standard InChI is InChI=1S/C18H17F4N5O2/c1-9(10-2-4-11(5-3-10)18(20,21)22)27-15-14(13(8-28)25-27)16(29)24-17(23-15)26-6-12(19)7-26/h2-5,9,12,28H,6-8H2,1H3,(H,23,24,29). The first-order chi connectivity index (χ1) is 13.7. The Kier molecular flexibility index (Phi) is 4.56. The molecule has 0 amide bonds. The number of alkyl halides is 4. The average Bonchev–Trinajstić information content (AvgIpc) is 3.03. The van der Waals surface area contributed by atoms with Crippen molar-refractivity contribution in [2.24, 2.45) is 0 Å². The highest BCUT2D eigenvalue weighted by molar-refractivity contribution is 5.78. The molecule has 1 aromatic carbocycles. The van der Waals surface area contributed by atoms with E-state index in [0.717, 1.165) is 12.1 Å². The lowest BCUT2D eigenvalue weighted by Crippen LogP contribution is -2.49. The number of aromatic nitrogens is 4. The molecule has 1 atom stereocenters. The second-order valence-corrected chi connectivity index (χ2v) is 6.94. The molecule has 7 nitrogen and oxygen atoms in total. The monoisotopic (exact) mass is 411 g/mol. The normalized spacial score (nSPS) is 16.3. The lowest BCUT2D eigenvalue weighted by molar-refractivity contribution is -0.137. The summed E-state index contributed by atoms with van der Waals surface area (Å²) in [6.45, 7) is 1.39. The minimum atomic E-state index is -4.44. The first-order valence-electron chi connectivity index (χ1n) is 8.87. The lowest BCUT2D eigenvalue weighted by atomic mass is 10.1. The molecule has 1 aliphatic rings. The summed E-state index contributed by atoms with van der Waals surface area (Å²) in [6, 6.07) is 4.04. The zero-order chi connectivity index (χ0) is 20.9. The maximum Gasteiger partial charge on any atom is 0.416 e. The van der Waals surface area contributed by atoms with Crippen LogP contribution in [0, 0.1) is 0 Å². The van der Waals surface area contributed by atoms with Crippen LogP contribution in [0.1, 0.15) is 29.8 Å². The van der Waals surface area contributed by atoms with Gasteiger partial charge in [0, 0.05) is 0 Å². The maximum absolute atomic E-state index is 13.2. The van der Waals surface area contributed by atoms with Gasteiger partial charge in [0.25, 0.3) is 5.56 Å². The minimum Gasteiger partial charge on any atom is -0.390 e. The number of nitrogens with zero attached hydrogens (tertiary/aromatic N) is 4. The predicted octanol–water partition coefficient (Wildman–Crippen LogP) is 2.40. The predicted molar refractivity (Wildman–Crippen MR) is 96.4 cm³/mol. The molecular weight excluding hydrogens is 394 g/mol. The van der Waals surface area contributed by atoms with Crippen LogP contribution in [0.15, 0.2) is 29.1 Å². The van der Waals surface area contributed by atoms with Crippen LogP contribution < -0.4 is 10.5 Å². The molecule has 1 fully saturated rings. The molecule has 29 heavy (non-hydrogen) atoms. The van der Waals surface area contributed by atoms with Crippen molar-refractivity contribution in [3.63, 3.8) is 0 Å². The number of aliphatic hydroxyl groups is 1. The van der Waals surface area contributed by atoms with E-state index in [4.69, 9.17) is 0 Å². The van der Waals surface area contributed by atoms with Gasteiger partial charge >= 0.3 is 6.18 Å². The Morgan fingerprint density at radius 1 is 1.28 bits per heavy atom. The first-order valence-corrected chi connectivity index (χ1v) is 8.87. The van der Waals surface area contributed by atoms with Gasteiger partial charge in [0.1, 0.15) is 17.3 Å². The lowest BCUT2D eigenvalue weighted by Gasteiger charge is -2.34. The number of H-pyrrole nitrogens is 1. The average molecular weight is 411 g/mol. The fraction of sp³-hybridized carbons (Fsp3) is 0.389. The molecule has 2 aromatic heterocycles. The van der Waals surface area contributed by atoms with Gasteiger partial charge < -0.3 is 10.0 Å². The zero-order valence-corrected chi connectivity index (χ0v) is 15.2. The summed E-state index contributed by atoms with van der Waals surface area (Å²) in [4.78, 5) is 21.0. The van der Waals surface area contributed by atoms with Crippen molar-refractivity contribution in [3.8, 4) is 0 Å². The van der Waals surface area contributed by atoms with E-state index < -0.39 is 36.1 Å². The Hall–Kier alpha value is -2.95. The molecule has 0 bridgehead atoms. The van der Waals surface area contributed by atoms with Crippen molar-refractivity contribution in [3.05, 3.63) is 51.4 Å². The number of hydrogen-bond acceptors (Lipinski definition) is 5. The Morgan fingerprint density at radius 3 is 2.48 bits per heavy atom. The number of rotatable bonds is 4. The Labute approximate surface area is 161 Å². The van der Waals surface area contributed by atoms with Gasteiger partial charge in [0.15, 0.2) is 5.65 Å². The summed E-state index contributed by atoms with van der Waals surface area (Å²) in [5.74, 6) is 0.182. The number of aliphatic hydroxyl groups excluding tert-OH is 1. The number of hydrogen-bond donors (Lipinski definition) is 2. The molecule has 0 spiro atoms. The SMILES string of the molecule is CC(c1ccc(C(F)(F)F)cc1)n1nc(CO)c2c(=O)[nH]c(N3CC(F)C3)nc21. The molecule has 3 heterocycles. The number of fused-ring (bicyclic) bond motifs is 1. The summed E-state index contributed by atoms with van der Waals surface area (Å²) >= 11 is 0. The summed E-state index contributed by atoms with van der Waals surface area (Å²) < 4.78 is 53.0. The Bertz CT molecular complexity index is 1100. The summed E-state index contributed by atoms with van der Waals surface area (Å²) in [6.07, 6.45) is -5.44. The molecule has 1 saturated heterocycles. The molecule has 3 aromatic rings. The molecule has 0 aliphatic carbocycles. The number of aromatic amines is 1. The fourth-order valence-electron chi connectivity index (χ4n) is 3.32. The van der Waals surface area contributed by atoms with E-state index in [1.165, 1.54) is 16.8 Å². The largest absolute Gasteiger partial charge is 0.416 e. The second-order valence-electron chi connectivity index (χ2n) is 6.94. The van der Waals surface area contributed by atoms with Crippen LogP contribution in [0.4, 0.5) is 23.5 Å². The maximum atomic E-state index is 13.2. The fourth-order valence-corrected chi connectivity index (χ4v) is 3.32. The van der Waals surface area contributed by atoms with Gasteiger partial charge in [-0.2, -0.15) is 23.3 Å². The highest BCUT2D eigenvalue weighted by atomic mass is 19.4. The van der Waals surface area contributed by atoms with Crippen molar-refractivity contribution >= 4 is 17.0 Å².